The summed E-state index contributed by atoms with van der Waals surface area (Å²) in [7, 11) is 0. The number of nitrogens with zero attached hydrogens (tertiary/aromatic N) is 1. The van der Waals surface area contributed by atoms with E-state index in [0.29, 0.717) is 21.1 Å². The third kappa shape index (κ3) is 1.92. The zero-order chi connectivity index (χ0) is 12.5. The number of fused-ring (bicyclic) bond motifs is 1. The summed E-state index contributed by atoms with van der Waals surface area (Å²) in [6.45, 7) is 0. The number of carbonyl (C=O) groups is 1. The highest BCUT2D eigenvalue weighted by Gasteiger charge is 2.14. The summed E-state index contributed by atoms with van der Waals surface area (Å²) in [6.07, 6.45) is 0. The number of aromatic nitrogens is 1. The summed E-state index contributed by atoms with van der Waals surface area (Å²) < 4.78 is 1.39. The molecule has 0 saturated heterocycles. The minimum absolute atomic E-state index is 0.0248. The molecule has 1 heterocycles. The lowest BCUT2D eigenvalue weighted by Gasteiger charge is -2.01. The summed E-state index contributed by atoms with van der Waals surface area (Å²) in [6, 6.07) is 14.7. The fraction of sp³-hybridized carbons (Fsp3) is 0. The van der Waals surface area contributed by atoms with Crippen LogP contribution in [-0.4, -0.2) is 10.8 Å². The van der Waals surface area contributed by atoms with E-state index in [1.165, 1.54) is 11.3 Å². The van der Waals surface area contributed by atoms with Crippen molar-refractivity contribution in [2.45, 2.75) is 0 Å². The molecule has 0 N–H and O–H groups in total. The second kappa shape index (κ2) is 4.52. The molecule has 0 fully saturated rings. The van der Waals surface area contributed by atoms with Crippen LogP contribution < -0.4 is 0 Å². The van der Waals surface area contributed by atoms with Gasteiger partial charge in [-0.05, 0) is 12.1 Å². The molecule has 0 spiro atoms. The predicted octanol–water partition coefficient (Wildman–Crippen LogP) is 4.18. The number of hydrogen-bond donors (Lipinski definition) is 0. The summed E-state index contributed by atoms with van der Waals surface area (Å²) in [5, 5.41) is 0. The Morgan fingerprint density at radius 2 is 1.83 bits per heavy atom. The van der Waals surface area contributed by atoms with Gasteiger partial charge in [0.1, 0.15) is 0 Å². The van der Waals surface area contributed by atoms with E-state index in [4.69, 9.17) is 11.6 Å². The molecule has 18 heavy (non-hydrogen) atoms. The van der Waals surface area contributed by atoms with Crippen molar-refractivity contribution in [3.05, 3.63) is 64.1 Å². The minimum Gasteiger partial charge on any atom is -0.289 e. The molecular formula is C14H8ClNOS. The zero-order valence-electron chi connectivity index (χ0n) is 9.26. The summed E-state index contributed by atoms with van der Waals surface area (Å²) in [4.78, 5) is 16.6. The van der Waals surface area contributed by atoms with Gasteiger partial charge in [0.2, 0.25) is 0 Å². The molecule has 0 saturated carbocycles. The van der Waals surface area contributed by atoms with Crippen LogP contribution in [0.3, 0.4) is 0 Å². The third-order valence-electron chi connectivity index (χ3n) is 2.67. The molecule has 0 unspecified atom stereocenters. The topological polar surface area (TPSA) is 30.0 Å². The van der Waals surface area contributed by atoms with Gasteiger partial charge in [0, 0.05) is 11.1 Å². The maximum absolute atomic E-state index is 12.4. The van der Waals surface area contributed by atoms with E-state index < -0.39 is 0 Å². The average Bonchev–Trinajstić information content (AvgIpc) is 2.79. The molecule has 0 amide bonds. The smallest absolute Gasteiger partial charge is 0.195 e. The number of para-hydroxylation sites is 1. The molecule has 0 radical (unpaired) electrons. The van der Waals surface area contributed by atoms with Gasteiger partial charge in [-0.15, -0.1) is 11.3 Å². The van der Waals surface area contributed by atoms with E-state index in [9.17, 15) is 4.79 Å². The van der Waals surface area contributed by atoms with Crippen molar-refractivity contribution < 1.29 is 4.79 Å². The van der Waals surface area contributed by atoms with Gasteiger partial charge in [-0.25, -0.2) is 4.98 Å². The Morgan fingerprint density at radius 3 is 2.61 bits per heavy atom. The van der Waals surface area contributed by atoms with Crippen LogP contribution in [0.5, 0.6) is 0 Å². The Labute approximate surface area is 113 Å². The summed E-state index contributed by atoms with van der Waals surface area (Å²) >= 11 is 7.28. The van der Waals surface area contributed by atoms with E-state index in [2.05, 4.69) is 4.98 Å². The van der Waals surface area contributed by atoms with Gasteiger partial charge in [-0.3, -0.25) is 4.79 Å². The van der Waals surface area contributed by atoms with E-state index in [1.54, 1.807) is 18.2 Å². The van der Waals surface area contributed by atoms with Crippen LogP contribution in [0.4, 0.5) is 0 Å². The molecule has 4 heteroatoms. The number of halogens is 1. The molecule has 0 aliphatic carbocycles. The van der Waals surface area contributed by atoms with Gasteiger partial charge < -0.3 is 0 Å². The van der Waals surface area contributed by atoms with Crippen molar-refractivity contribution in [2.75, 3.05) is 0 Å². The molecule has 88 valence electrons. The highest BCUT2D eigenvalue weighted by Crippen LogP contribution is 2.28. The first kappa shape index (κ1) is 11.4. The third-order valence-corrected chi connectivity index (χ3v) is 3.80. The van der Waals surface area contributed by atoms with Crippen molar-refractivity contribution in [2.24, 2.45) is 0 Å². The molecule has 3 rings (SSSR count). The first-order valence-corrected chi connectivity index (χ1v) is 6.60. The highest BCUT2D eigenvalue weighted by molar-refractivity contribution is 7.22. The van der Waals surface area contributed by atoms with Crippen molar-refractivity contribution in [3.63, 3.8) is 0 Å². The highest BCUT2D eigenvalue weighted by atomic mass is 35.5. The monoisotopic (exact) mass is 273 g/mol. The largest absolute Gasteiger partial charge is 0.289 e. The fourth-order valence-electron chi connectivity index (χ4n) is 1.85. The molecule has 3 aromatic rings. The molecular weight excluding hydrogens is 266 g/mol. The maximum Gasteiger partial charge on any atom is 0.195 e. The van der Waals surface area contributed by atoms with Crippen molar-refractivity contribution >= 4 is 38.9 Å². The number of benzene rings is 2. The van der Waals surface area contributed by atoms with Crippen molar-refractivity contribution in [1.82, 2.24) is 4.98 Å². The lowest BCUT2D eigenvalue weighted by atomic mass is 10.0. The molecule has 0 atom stereocenters. The Balaban J connectivity index is 2.18. The van der Waals surface area contributed by atoms with E-state index in [-0.39, 0.29) is 5.78 Å². The van der Waals surface area contributed by atoms with Gasteiger partial charge in [-0.2, -0.15) is 0 Å². The Kier molecular flexibility index (Phi) is 2.86. The number of carbonyl (C=O) groups excluding carboxylic acids is 1. The van der Waals surface area contributed by atoms with Crippen molar-refractivity contribution in [3.8, 4) is 0 Å². The fourth-order valence-corrected chi connectivity index (χ4v) is 2.90. The first-order chi connectivity index (χ1) is 8.75. The summed E-state index contributed by atoms with van der Waals surface area (Å²) in [5.74, 6) is -0.0248. The van der Waals surface area contributed by atoms with E-state index >= 15 is 0 Å². The quantitative estimate of drug-likeness (QED) is 0.656. The van der Waals surface area contributed by atoms with E-state index in [1.807, 2.05) is 30.3 Å². The van der Waals surface area contributed by atoms with Crippen LogP contribution >= 0.6 is 22.9 Å². The average molecular weight is 274 g/mol. The van der Waals surface area contributed by atoms with Gasteiger partial charge in [0.15, 0.2) is 10.3 Å². The van der Waals surface area contributed by atoms with Crippen LogP contribution in [0.2, 0.25) is 4.47 Å². The number of hydrogen-bond acceptors (Lipinski definition) is 3. The van der Waals surface area contributed by atoms with Gasteiger partial charge in [0.05, 0.1) is 10.2 Å². The van der Waals surface area contributed by atoms with Crippen LogP contribution in [0.25, 0.3) is 10.2 Å². The number of thiazole rings is 1. The Hall–Kier alpha value is -1.71. The SMILES string of the molecule is O=C(c1ccccc1)c1cccc2sc(Cl)nc12. The van der Waals surface area contributed by atoms with Gasteiger partial charge >= 0.3 is 0 Å². The number of ketones is 1. The van der Waals surface area contributed by atoms with E-state index in [0.717, 1.165) is 4.70 Å². The lowest BCUT2D eigenvalue weighted by Crippen LogP contribution is -2.01. The number of rotatable bonds is 2. The maximum atomic E-state index is 12.4. The van der Waals surface area contributed by atoms with Crippen LogP contribution in [0.15, 0.2) is 48.5 Å². The molecule has 0 aliphatic rings. The normalized spacial score (nSPS) is 10.7. The second-order valence-electron chi connectivity index (χ2n) is 3.81. The first-order valence-electron chi connectivity index (χ1n) is 5.40. The van der Waals surface area contributed by atoms with Crippen LogP contribution in [0.1, 0.15) is 15.9 Å². The standard InChI is InChI=1S/C14H8ClNOS/c15-14-16-12-10(7-4-8-11(12)18-14)13(17)9-5-2-1-3-6-9/h1-8H. The van der Waals surface area contributed by atoms with Crippen LogP contribution in [-0.2, 0) is 0 Å². The zero-order valence-corrected chi connectivity index (χ0v) is 10.8. The lowest BCUT2D eigenvalue weighted by molar-refractivity contribution is 0.104. The Morgan fingerprint density at radius 1 is 1.06 bits per heavy atom. The van der Waals surface area contributed by atoms with Crippen LogP contribution in [0, 0.1) is 0 Å². The molecule has 1 aromatic heterocycles. The van der Waals surface area contributed by atoms with Crippen molar-refractivity contribution in [1.29, 1.82) is 0 Å². The van der Waals surface area contributed by atoms with Gasteiger partial charge in [0.25, 0.3) is 0 Å². The predicted molar refractivity (Wildman–Crippen MR) is 74.5 cm³/mol. The molecule has 0 bridgehead atoms. The molecule has 2 nitrogen and oxygen atoms in total. The van der Waals surface area contributed by atoms with Gasteiger partial charge in [-0.1, -0.05) is 48.0 Å². The Bertz CT molecular complexity index is 721. The second-order valence-corrected chi connectivity index (χ2v) is 5.43. The molecule has 0 aliphatic heterocycles. The summed E-state index contributed by atoms with van der Waals surface area (Å²) in [5.41, 5.74) is 1.94. The molecule has 2 aromatic carbocycles. The minimum atomic E-state index is -0.0248.